The van der Waals surface area contributed by atoms with Crippen LogP contribution in [0.4, 0.5) is 5.82 Å². The van der Waals surface area contributed by atoms with Gasteiger partial charge in [-0.15, -0.1) is 0 Å². The van der Waals surface area contributed by atoms with Crippen LogP contribution in [0.15, 0.2) is 12.3 Å². The standard InChI is InChI=1S/C13H17N3O4/c1-20-13(19)12-14-5-4-10(15-12)16-6-2-3-9(8-16)7-11(17)18/h4-5,9H,2-3,6-8H2,1H3,(H,17,18). The fourth-order valence-electron chi connectivity index (χ4n) is 2.40. The number of esters is 1. The molecule has 2 heterocycles. The van der Waals surface area contributed by atoms with Crippen molar-refractivity contribution in [1.82, 2.24) is 9.97 Å². The van der Waals surface area contributed by atoms with E-state index in [-0.39, 0.29) is 18.2 Å². The van der Waals surface area contributed by atoms with Crippen LogP contribution in [0.2, 0.25) is 0 Å². The Morgan fingerprint density at radius 3 is 3.05 bits per heavy atom. The number of nitrogens with zero attached hydrogens (tertiary/aromatic N) is 3. The molecular weight excluding hydrogens is 262 g/mol. The predicted molar refractivity (Wildman–Crippen MR) is 70.6 cm³/mol. The molecule has 1 N–H and O–H groups in total. The van der Waals surface area contributed by atoms with E-state index >= 15 is 0 Å². The number of aliphatic carboxylic acids is 1. The summed E-state index contributed by atoms with van der Waals surface area (Å²) in [5, 5.41) is 8.87. The van der Waals surface area contributed by atoms with Gasteiger partial charge in [0.05, 0.1) is 7.11 Å². The maximum Gasteiger partial charge on any atom is 0.376 e. The van der Waals surface area contributed by atoms with Crippen molar-refractivity contribution >= 4 is 17.8 Å². The van der Waals surface area contributed by atoms with Crippen LogP contribution in [-0.2, 0) is 9.53 Å². The minimum atomic E-state index is -0.783. The first-order chi connectivity index (χ1) is 9.60. The van der Waals surface area contributed by atoms with Gasteiger partial charge in [0, 0.05) is 25.7 Å². The summed E-state index contributed by atoms with van der Waals surface area (Å²) in [7, 11) is 1.28. The van der Waals surface area contributed by atoms with Crippen molar-refractivity contribution in [3.05, 3.63) is 18.1 Å². The van der Waals surface area contributed by atoms with Crippen LogP contribution in [-0.4, -0.2) is 47.2 Å². The van der Waals surface area contributed by atoms with Crippen LogP contribution in [0, 0.1) is 5.92 Å². The zero-order valence-electron chi connectivity index (χ0n) is 11.3. The monoisotopic (exact) mass is 279 g/mol. The quantitative estimate of drug-likeness (QED) is 0.820. The fourth-order valence-corrected chi connectivity index (χ4v) is 2.40. The number of carbonyl (C=O) groups excluding carboxylic acids is 1. The van der Waals surface area contributed by atoms with Crippen LogP contribution < -0.4 is 4.90 Å². The Morgan fingerprint density at radius 2 is 2.35 bits per heavy atom. The molecule has 1 saturated heterocycles. The van der Waals surface area contributed by atoms with E-state index in [1.165, 1.54) is 13.3 Å². The van der Waals surface area contributed by atoms with E-state index in [1.54, 1.807) is 6.07 Å². The summed E-state index contributed by atoms with van der Waals surface area (Å²) >= 11 is 0. The Morgan fingerprint density at radius 1 is 1.55 bits per heavy atom. The SMILES string of the molecule is COC(=O)c1nccc(N2CCCC(CC(=O)O)C2)n1. The van der Waals surface area contributed by atoms with E-state index in [0.717, 1.165) is 19.4 Å². The van der Waals surface area contributed by atoms with Gasteiger partial charge in [-0.1, -0.05) is 0 Å². The lowest BCUT2D eigenvalue weighted by Gasteiger charge is -2.32. The molecule has 1 atom stereocenters. The molecule has 1 unspecified atom stereocenters. The molecule has 1 aromatic heterocycles. The van der Waals surface area contributed by atoms with Crippen molar-refractivity contribution < 1.29 is 19.4 Å². The lowest BCUT2D eigenvalue weighted by molar-refractivity contribution is -0.138. The van der Waals surface area contributed by atoms with Crippen molar-refractivity contribution in [3.8, 4) is 0 Å². The average molecular weight is 279 g/mol. The third-order valence-electron chi connectivity index (χ3n) is 3.32. The number of carbonyl (C=O) groups is 2. The lowest BCUT2D eigenvalue weighted by Crippen LogP contribution is -2.37. The Kier molecular flexibility index (Phi) is 4.49. The lowest BCUT2D eigenvalue weighted by atomic mass is 9.95. The van der Waals surface area contributed by atoms with Gasteiger partial charge in [-0.3, -0.25) is 4.79 Å². The summed E-state index contributed by atoms with van der Waals surface area (Å²) in [5.74, 6) is -0.598. The third kappa shape index (κ3) is 3.43. The number of ether oxygens (including phenoxy) is 1. The molecular formula is C13H17N3O4. The second-order valence-electron chi connectivity index (χ2n) is 4.78. The van der Waals surface area contributed by atoms with Crippen molar-refractivity contribution in [1.29, 1.82) is 0 Å². The van der Waals surface area contributed by atoms with Gasteiger partial charge in [0.2, 0.25) is 5.82 Å². The van der Waals surface area contributed by atoms with Crippen molar-refractivity contribution in [2.75, 3.05) is 25.1 Å². The largest absolute Gasteiger partial charge is 0.481 e. The molecule has 0 amide bonds. The Balaban J connectivity index is 2.10. The van der Waals surface area contributed by atoms with Gasteiger partial charge < -0.3 is 14.7 Å². The first kappa shape index (κ1) is 14.2. The number of carboxylic acid groups (broad SMARTS) is 1. The maximum atomic E-state index is 11.4. The third-order valence-corrected chi connectivity index (χ3v) is 3.32. The number of piperidine rings is 1. The van der Waals surface area contributed by atoms with Gasteiger partial charge in [-0.25, -0.2) is 14.8 Å². The summed E-state index contributed by atoms with van der Waals surface area (Å²) in [4.78, 5) is 32.2. The minimum Gasteiger partial charge on any atom is -0.481 e. The Hall–Kier alpha value is -2.18. The van der Waals surface area contributed by atoms with E-state index in [1.807, 2.05) is 4.90 Å². The zero-order chi connectivity index (χ0) is 14.5. The predicted octanol–water partition coefficient (Wildman–Crippen LogP) is 0.954. The number of methoxy groups -OCH3 is 1. The molecule has 2 rings (SSSR count). The number of aromatic nitrogens is 2. The second-order valence-corrected chi connectivity index (χ2v) is 4.78. The van der Waals surface area contributed by atoms with Crippen LogP contribution in [0.1, 0.15) is 29.9 Å². The molecule has 7 heteroatoms. The molecule has 7 nitrogen and oxygen atoms in total. The molecule has 0 aliphatic carbocycles. The number of rotatable bonds is 4. The normalized spacial score (nSPS) is 18.6. The molecule has 0 bridgehead atoms. The first-order valence-corrected chi connectivity index (χ1v) is 6.48. The van der Waals surface area contributed by atoms with E-state index in [4.69, 9.17) is 5.11 Å². The molecule has 1 aliphatic rings. The van der Waals surface area contributed by atoms with Crippen molar-refractivity contribution in [3.63, 3.8) is 0 Å². The van der Waals surface area contributed by atoms with Gasteiger partial charge in [0.25, 0.3) is 0 Å². The van der Waals surface area contributed by atoms with Crippen molar-refractivity contribution in [2.24, 2.45) is 5.92 Å². The van der Waals surface area contributed by atoms with Gasteiger partial charge >= 0.3 is 11.9 Å². The van der Waals surface area contributed by atoms with E-state index in [9.17, 15) is 9.59 Å². The summed E-state index contributed by atoms with van der Waals surface area (Å²) in [6.45, 7) is 1.43. The average Bonchev–Trinajstić information content (AvgIpc) is 2.46. The first-order valence-electron chi connectivity index (χ1n) is 6.48. The summed E-state index contributed by atoms with van der Waals surface area (Å²) in [5.41, 5.74) is 0. The Labute approximate surface area is 116 Å². The molecule has 0 radical (unpaired) electrons. The molecule has 1 aliphatic heterocycles. The van der Waals surface area contributed by atoms with E-state index in [0.29, 0.717) is 12.4 Å². The van der Waals surface area contributed by atoms with Crippen LogP contribution in [0.25, 0.3) is 0 Å². The van der Waals surface area contributed by atoms with Gasteiger partial charge in [-0.05, 0) is 24.8 Å². The highest BCUT2D eigenvalue weighted by Crippen LogP contribution is 2.23. The molecule has 108 valence electrons. The van der Waals surface area contributed by atoms with Crippen LogP contribution >= 0.6 is 0 Å². The highest BCUT2D eigenvalue weighted by Gasteiger charge is 2.23. The number of hydrogen-bond donors (Lipinski definition) is 1. The molecule has 0 aromatic carbocycles. The highest BCUT2D eigenvalue weighted by atomic mass is 16.5. The number of carboxylic acids is 1. The second kappa shape index (κ2) is 6.31. The number of anilines is 1. The fraction of sp³-hybridized carbons (Fsp3) is 0.538. The molecule has 1 fully saturated rings. The van der Waals surface area contributed by atoms with E-state index in [2.05, 4.69) is 14.7 Å². The minimum absolute atomic E-state index is 0.0189. The summed E-state index contributed by atoms with van der Waals surface area (Å²) in [6.07, 6.45) is 3.48. The highest BCUT2D eigenvalue weighted by molar-refractivity contribution is 5.85. The smallest absolute Gasteiger partial charge is 0.376 e. The van der Waals surface area contributed by atoms with Crippen LogP contribution in [0.5, 0.6) is 0 Å². The molecule has 20 heavy (non-hydrogen) atoms. The topological polar surface area (TPSA) is 92.6 Å². The summed E-state index contributed by atoms with van der Waals surface area (Å²) < 4.78 is 4.59. The Bertz CT molecular complexity index is 506. The molecule has 1 aromatic rings. The molecule has 0 spiro atoms. The van der Waals surface area contributed by atoms with E-state index < -0.39 is 11.9 Å². The van der Waals surface area contributed by atoms with Gasteiger partial charge in [0.15, 0.2) is 0 Å². The number of hydrogen-bond acceptors (Lipinski definition) is 6. The van der Waals surface area contributed by atoms with Crippen LogP contribution in [0.3, 0.4) is 0 Å². The zero-order valence-corrected chi connectivity index (χ0v) is 11.3. The van der Waals surface area contributed by atoms with Gasteiger partial charge in [-0.2, -0.15) is 0 Å². The van der Waals surface area contributed by atoms with Crippen molar-refractivity contribution in [2.45, 2.75) is 19.3 Å². The molecule has 0 saturated carbocycles. The maximum absolute atomic E-state index is 11.4. The van der Waals surface area contributed by atoms with Gasteiger partial charge in [0.1, 0.15) is 5.82 Å². The summed E-state index contributed by atoms with van der Waals surface area (Å²) in [6, 6.07) is 1.72.